The summed E-state index contributed by atoms with van der Waals surface area (Å²) in [4.78, 5) is 11.0. The molecule has 14 heavy (non-hydrogen) atoms. The molecule has 86 valence electrons. The highest BCUT2D eigenvalue weighted by Gasteiger charge is 2.13. The predicted octanol–water partition coefficient (Wildman–Crippen LogP) is 3.03. The van der Waals surface area contributed by atoms with Gasteiger partial charge in [-0.25, -0.2) is 0 Å². The molecular formula is C11H25NOS. The molecule has 0 bridgehead atoms. The van der Waals surface area contributed by atoms with E-state index in [0.29, 0.717) is 12.5 Å². The molecule has 0 aromatic heterocycles. The SMILES string of the molecule is CCC(=O)NC1CCCCC1.CCS.[HH]. The second-order valence-electron chi connectivity index (χ2n) is 3.57. The van der Waals surface area contributed by atoms with Crippen LogP contribution >= 0.6 is 12.6 Å². The summed E-state index contributed by atoms with van der Waals surface area (Å²) in [5.41, 5.74) is 0. The van der Waals surface area contributed by atoms with Gasteiger partial charge in [0.05, 0.1) is 0 Å². The van der Waals surface area contributed by atoms with E-state index in [1.54, 1.807) is 0 Å². The molecule has 1 rings (SSSR count). The van der Waals surface area contributed by atoms with Crippen LogP contribution in [-0.2, 0) is 4.79 Å². The van der Waals surface area contributed by atoms with Crippen molar-refractivity contribution in [1.29, 1.82) is 0 Å². The molecule has 1 fully saturated rings. The largest absolute Gasteiger partial charge is 0.353 e. The summed E-state index contributed by atoms with van der Waals surface area (Å²) in [6, 6.07) is 0.483. The summed E-state index contributed by atoms with van der Waals surface area (Å²) >= 11 is 3.79. The summed E-state index contributed by atoms with van der Waals surface area (Å²) in [7, 11) is 0. The molecule has 3 heteroatoms. The summed E-state index contributed by atoms with van der Waals surface area (Å²) < 4.78 is 0. The van der Waals surface area contributed by atoms with E-state index in [0.717, 1.165) is 5.75 Å². The highest BCUT2D eigenvalue weighted by atomic mass is 32.1. The van der Waals surface area contributed by atoms with E-state index >= 15 is 0 Å². The summed E-state index contributed by atoms with van der Waals surface area (Å²) in [5, 5.41) is 3.03. The third kappa shape index (κ3) is 7.25. The Bertz CT molecular complexity index is 150. The van der Waals surface area contributed by atoms with Crippen LogP contribution in [0.3, 0.4) is 0 Å². The van der Waals surface area contributed by atoms with Crippen molar-refractivity contribution in [3.63, 3.8) is 0 Å². The van der Waals surface area contributed by atoms with E-state index in [1.807, 2.05) is 13.8 Å². The molecule has 1 amide bonds. The summed E-state index contributed by atoms with van der Waals surface area (Å²) in [6.45, 7) is 3.89. The van der Waals surface area contributed by atoms with Gasteiger partial charge in [-0.15, -0.1) is 0 Å². The number of amides is 1. The second kappa shape index (κ2) is 9.38. The first kappa shape index (κ1) is 13.8. The molecule has 1 N–H and O–H groups in total. The van der Waals surface area contributed by atoms with Crippen molar-refractivity contribution in [2.24, 2.45) is 0 Å². The Balaban J connectivity index is 0. The average Bonchev–Trinajstić information content (AvgIpc) is 2.20. The lowest BCUT2D eigenvalue weighted by molar-refractivity contribution is -0.121. The molecule has 0 aromatic rings. The van der Waals surface area contributed by atoms with Gasteiger partial charge in [-0.3, -0.25) is 4.79 Å². The van der Waals surface area contributed by atoms with Gasteiger partial charge in [0.25, 0.3) is 0 Å². The van der Waals surface area contributed by atoms with Crippen molar-refractivity contribution in [2.75, 3.05) is 5.75 Å². The highest BCUT2D eigenvalue weighted by molar-refractivity contribution is 7.80. The van der Waals surface area contributed by atoms with Gasteiger partial charge in [-0.05, 0) is 18.6 Å². The topological polar surface area (TPSA) is 29.1 Å². The molecule has 0 unspecified atom stereocenters. The van der Waals surface area contributed by atoms with Gasteiger partial charge < -0.3 is 5.32 Å². The maximum Gasteiger partial charge on any atom is 0.219 e. The molecule has 0 radical (unpaired) electrons. The number of thiol groups is 1. The molecule has 0 atom stereocenters. The minimum absolute atomic E-state index is 0. The minimum atomic E-state index is 0. The molecule has 0 heterocycles. The number of carbonyl (C=O) groups is 1. The lowest BCUT2D eigenvalue weighted by Crippen LogP contribution is -2.35. The van der Waals surface area contributed by atoms with Crippen molar-refractivity contribution in [1.82, 2.24) is 5.32 Å². The van der Waals surface area contributed by atoms with E-state index in [2.05, 4.69) is 17.9 Å². The molecule has 1 aliphatic carbocycles. The van der Waals surface area contributed by atoms with E-state index in [4.69, 9.17) is 0 Å². The molecule has 1 aliphatic rings. The quantitative estimate of drug-likeness (QED) is 0.687. The Kier molecular flexibility index (Phi) is 9.26. The van der Waals surface area contributed by atoms with Crippen LogP contribution in [0.5, 0.6) is 0 Å². The lowest BCUT2D eigenvalue weighted by Gasteiger charge is -2.22. The summed E-state index contributed by atoms with van der Waals surface area (Å²) in [5.74, 6) is 1.15. The zero-order valence-corrected chi connectivity index (χ0v) is 10.3. The molecule has 0 saturated heterocycles. The number of rotatable bonds is 2. The fraction of sp³-hybridized carbons (Fsp3) is 0.909. The van der Waals surface area contributed by atoms with E-state index in [9.17, 15) is 4.79 Å². The van der Waals surface area contributed by atoms with Gasteiger partial charge in [0, 0.05) is 13.9 Å². The average molecular weight is 219 g/mol. The number of hydrogen-bond acceptors (Lipinski definition) is 2. The third-order valence-corrected chi connectivity index (χ3v) is 2.29. The van der Waals surface area contributed by atoms with Crippen molar-refractivity contribution < 1.29 is 6.22 Å². The maximum atomic E-state index is 11.0. The normalized spacial score (nSPS) is 16.8. The molecular weight excluding hydrogens is 194 g/mol. The van der Waals surface area contributed by atoms with Gasteiger partial charge in [0.2, 0.25) is 5.91 Å². The zero-order valence-electron chi connectivity index (χ0n) is 9.38. The fourth-order valence-electron chi connectivity index (χ4n) is 1.58. The highest BCUT2D eigenvalue weighted by Crippen LogP contribution is 2.17. The van der Waals surface area contributed by atoms with Crippen molar-refractivity contribution in [2.45, 2.75) is 58.4 Å². The maximum absolute atomic E-state index is 11.0. The van der Waals surface area contributed by atoms with Crippen LogP contribution in [0.15, 0.2) is 0 Å². The van der Waals surface area contributed by atoms with E-state index < -0.39 is 0 Å². The van der Waals surface area contributed by atoms with E-state index in [1.165, 1.54) is 32.1 Å². The van der Waals surface area contributed by atoms with Crippen LogP contribution < -0.4 is 5.32 Å². The predicted molar refractivity (Wildman–Crippen MR) is 66.9 cm³/mol. The van der Waals surface area contributed by atoms with Crippen molar-refractivity contribution in [3.8, 4) is 0 Å². The second-order valence-corrected chi connectivity index (χ2v) is 4.20. The van der Waals surface area contributed by atoms with Gasteiger partial charge in [-0.2, -0.15) is 12.6 Å². The first-order chi connectivity index (χ1) is 6.74. The van der Waals surface area contributed by atoms with Crippen LogP contribution in [0.2, 0.25) is 0 Å². The first-order valence-electron chi connectivity index (χ1n) is 5.64. The Morgan fingerprint density at radius 1 is 1.36 bits per heavy atom. The smallest absolute Gasteiger partial charge is 0.219 e. The van der Waals surface area contributed by atoms with Crippen LogP contribution in [0.1, 0.15) is 53.8 Å². The first-order valence-corrected chi connectivity index (χ1v) is 6.28. The molecule has 1 saturated carbocycles. The lowest BCUT2D eigenvalue weighted by atomic mass is 9.95. The minimum Gasteiger partial charge on any atom is -0.353 e. The van der Waals surface area contributed by atoms with Crippen LogP contribution in [0.25, 0.3) is 0 Å². The molecule has 0 aromatic carbocycles. The van der Waals surface area contributed by atoms with Crippen LogP contribution in [-0.4, -0.2) is 17.7 Å². The molecule has 0 aliphatic heterocycles. The van der Waals surface area contributed by atoms with Gasteiger partial charge in [-0.1, -0.05) is 33.1 Å². The van der Waals surface area contributed by atoms with Crippen molar-refractivity contribution >= 4 is 18.5 Å². The Morgan fingerprint density at radius 3 is 2.29 bits per heavy atom. The van der Waals surface area contributed by atoms with Gasteiger partial charge in [0.1, 0.15) is 0 Å². The standard InChI is InChI=1S/C9H17NO.C2H6S.H2/c1-2-9(11)10-8-6-4-3-5-7-8;1-2-3;/h8H,2-7H2,1H3,(H,10,11);3H,2H2,1H3;1H. The number of carbonyl (C=O) groups excluding carboxylic acids is 1. The Labute approximate surface area is 94.7 Å². The van der Waals surface area contributed by atoms with Gasteiger partial charge in [0.15, 0.2) is 0 Å². The van der Waals surface area contributed by atoms with Crippen LogP contribution in [0.4, 0.5) is 0 Å². The fourth-order valence-corrected chi connectivity index (χ4v) is 1.58. The molecule has 2 nitrogen and oxygen atoms in total. The summed E-state index contributed by atoms with van der Waals surface area (Å²) in [6.07, 6.45) is 6.91. The monoisotopic (exact) mass is 219 g/mol. The van der Waals surface area contributed by atoms with Crippen molar-refractivity contribution in [3.05, 3.63) is 0 Å². The third-order valence-electron chi connectivity index (χ3n) is 2.29. The van der Waals surface area contributed by atoms with E-state index in [-0.39, 0.29) is 7.33 Å². The Hall–Kier alpha value is -0.180. The number of nitrogens with one attached hydrogen (secondary N) is 1. The number of hydrogen-bond donors (Lipinski definition) is 2. The molecule has 0 spiro atoms. The van der Waals surface area contributed by atoms with Crippen LogP contribution in [0, 0.1) is 0 Å². The zero-order chi connectivity index (χ0) is 10.8. The Morgan fingerprint density at radius 2 is 1.86 bits per heavy atom. The van der Waals surface area contributed by atoms with Gasteiger partial charge >= 0.3 is 0 Å².